The van der Waals surface area contributed by atoms with Crippen LogP contribution in [-0.4, -0.2) is 52.5 Å². The minimum atomic E-state index is -0.758. The molecular formula is C27H37N3O4. The van der Waals surface area contributed by atoms with Gasteiger partial charge in [-0.3, -0.25) is 19.4 Å². The maximum Gasteiger partial charge on any atom is 0.243 e. The van der Waals surface area contributed by atoms with E-state index >= 15 is 0 Å². The van der Waals surface area contributed by atoms with Gasteiger partial charge < -0.3 is 15.3 Å². The summed E-state index contributed by atoms with van der Waals surface area (Å²) in [6.45, 7) is 10.0. The van der Waals surface area contributed by atoms with E-state index in [9.17, 15) is 19.5 Å². The Morgan fingerprint density at radius 2 is 1.88 bits per heavy atom. The highest BCUT2D eigenvalue weighted by Gasteiger charge is 2.44. The lowest BCUT2D eigenvalue weighted by Crippen LogP contribution is -2.50. The number of hydrogen-bond acceptors (Lipinski definition) is 5. The highest BCUT2D eigenvalue weighted by molar-refractivity contribution is 5.92. The zero-order valence-corrected chi connectivity index (χ0v) is 20.9. The first kappa shape index (κ1) is 25.8. The third kappa shape index (κ3) is 6.00. The molecule has 2 aliphatic heterocycles. The second-order valence-corrected chi connectivity index (χ2v) is 10.4. The van der Waals surface area contributed by atoms with Crippen LogP contribution in [0.25, 0.3) is 5.57 Å². The summed E-state index contributed by atoms with van der Waals surface area (Å²) in [7, 11) is 0. The lowest BCUT2D eigenvalue weighted by molar-refractivity contribution is -0.146. The van der Waals surface area contributed by atoms with Crippen LogP contribution < -0.4 is 5.32 Å². The van der Waals surface area contributed by atoms with Crippen molar-refractivity contribution in [3.05, 3.63) is 41.1 Å². The minimum absolute atomic E-state index is 0.0209. The van der Waals surface area contributed by atoms with E-state index in [0.717, 1.165) is 23.2 Å². The number of β-amino-alcohol motifs (C(OH)–C–C–N with tert-alkyl or cyclic N) is 1. The Bertz CT molecular complexity index is 988. The summed E-state index contributed by atoms with van der Waals surface area (Å²) in [5.41, 5.74) is 3.87. The number of nitrogens with zero attached hydrogens (tertiary/aromatic N) is 2. The van der Waals surface area contributed by atoms with Gasteiger partial charge in [-0.15, -0.1) is 0 Å². The third-order valence-corrected chi connectivity index (χ3v) is 6.82. The fourth-order valence-corrected chi connectivity index (χ4v) is 4.60. The Kier molecular flexibility index (Phi) is 8.08. The molecule has 2 N–H and O–H groups in total. The van der Waals surface area contributed by atoms with E-state index in [-0.39, 0.29) is 37.0 Å². The number of allylic oxidation sites excluding steroid dienone is 2. The fourth-order valence-electron chi connectivity index (χ4n) is 4.60. The van der Waals surface area contributed by atoms with Crippen molar-refractivity contribution in [2.45, 2.75) is 79.0 Å². The van der Waals surface area contributed by atoms with Crippen molar-refractivity contribution < 1.29 is 19.5 Å². The number of aliphatic hydroxyl groups is 1. The summed E-state index contributed by atoms with van der Waals surface area (Å²) >= 11 is 0. The number of carbonyl (C=O) groups is 3. The van der Waals surface area contributed by atoms with Gasteiger partial charge in [-0.05, 0) is 29.0 Å². The number of benzene rings is 1. The van der Waals surface area contributed by atoms with Gasteiger partial charge in [-0.25, -0.2) is 0 Å². The number of amides is 2. The number of aliphatic hydroxyl groups excluding tert-OH is 1. The molecule has 7 heteroatoms. The van der Waals surface area contributed by atoms with Crippen LogP contribution in [0.3, 0.4) is 0 Å². The van der Waals surface area contributed by atoms with Gasteiger partial charge in [0.1, 0.15) is 11.8 Å². The van der Waals surface area contributed by atoms with Crippen LogP contribution in [0.1, 0.15) is 71.4 Å². The molecule has 3 atom stereocenters. The molecule has 1 saturated heterocycles. The van der Waals surface area contributed by atoms with Gasteiger partial charge >= 0.3 is 0 Å². The molecule has 3 rings (SSSR count). The number of likely N-dealkylation sites (tertiary alicyclic amines) is 1. The number of hydrogen-bond donors (Lipinski definition) is 2. The smallest absolute Gasteiger partial charge is 0.243 e. The third-order valence-electron chi connectivity index (χ3n) is 6.82. The first-order valence-electron chi connectivity index (χ1n) is 12.1. The molecule has 0 aliphatic carbocycles. The van der Waals surface area contributed by atoms with Gasteiger partial charge in [0.2, 0.25) is 11.8 Å². The Hall–Kier alpha value is -2.80. The van der Waals surface area contributed by atoms with Crippen molar-refractivity contribution in [3.8, 4) is 0 Å². The molecule has 2 heterocycles. The largest absolute Gasteiger partial charge is 0.391 e. The summed E-state index contributed by atoms with van der Waals surface area (Å²) in [6, 6.07) is 7.28. The first-order chi connectivity index (χ1) is 16.0. The van der Waals surface area contributed by atoms with Crippen LogP contribution in [-0.2, 0) is 20.9 Å². The quantitative estimate of drug-likeness (QED) is 0.611. The van der Waals surface area contributed by atoms with Gasteiger partial charge in [0.05, 0.1) is 6.10 Å². The molecule has 2 aliphatic rings. The monoisotopic (exact) mass is 467 g/mol. The molecule has 0 aromatic heterocycles. The highest BCUT2D eigenvalue weighted by Crippen LogP contribution is 2.33. The second kappa shape index (κ2) is 10.6. The van der Waals surface area contributed by atoms with Crippen molar-refractivity contribution in [3.63, 3.8) is 0 Å². The lowest BCUT2D eigenvalue weighted by atomic mass is 9.76. The SMILES string of the molecule is CCC(=O)C[C@H](C(=O)N1C[C@H](O)C[C@H]1C(=O)NCc1ccc(C2=C(C)N=CC2)cc1)C(C)(C)C. The van der Waals surface area contributed by atoms with Crippen LogP contribution in [0.4, 0.5) is 0 Å². The molecule has 7 nitrogen and oxygen atoms in total. The van der Waals surface area contributed by atoms with E-state index in [1.165, 1.54) is 10.5 Å². The zero-order valence-electron chi connectivity index (χ0n) is 20.9. The van der Waals surface area contributed by atoms with Crippen molar-refractivity contribution in [1.82, 2.24) is 10.2 Å². The van der Waals surface area contributed by atoms with E-state index in [1.807, 2.05) is 58.2 Å². The summed E-state index contributed by atoms with van der Waals surface area (Å²) in [5, 5.41) is 13.2. The summed E-state index contributed by atoms with van der Waals surface area (Å²) in [4.78, 5) is 44.4. The van der Waals surface area contributed by atoms with Crippen LogP contribution in [0.5, 0.6) is 0 Å². The standard InChI is InChI=1S/C27H37N3O4/c1-6-20(31)13-23(27(3,4)5)26(34)30-16-21(32)14-24(30)25(33)29-15-18-7-9-19(10-8-18)22-11-12-28-17(22)2/h7-10,12,21,23-24,32H,6,11,13-16H2,1-5H3,(H,29,33)/t21-,23-,24+/m1/s1. The number of aliphatic imine (C=N–C) groups is 1. The van der Waals surface area contributed by atoms with Crippen LogP contribution in [0, 0.1) is 11.3 Å². The number of carbonyl (C=O) groups excluding carboxylic acids is 3. The van der Waals surface area contributed by atoms with Crippen LogP contribution in [0.2, 0.25) is 0 Å². The number of rotatable bonds is 8. The fraction of sp³-hybridized carbons (Fsp3) is 0.556. The van der Waals surface area contributed by atoms with Gasteiger partial charge in [0.15, 0.2) is 0 Å². The normalized spacial score (nSPS) is 21.2. The molecule has 0 bridgehead atoms. The Balaban J connectivity index is 1.66. The van der Waals surface area contributed by atoms with Crippen LogP contribution >= 0.6 is 0 Å². The van der Waals surface area contributed by atoms with Crippen molar-refractivity contribution in [2.75, 3.05) is 6.54 Å². The zero-order chi connectivity index (χ0) is 25.0. The van der Waals surface area contributed by atoms with Gasteiger partial charge in [-0.1, -0.05) is 52.0 Å². The predicted molar refractivity (Wildman–Crippen MR) is 133 cm³/mol. The number of Topliss-reactive ketones (excluding diaryl/α,β-unsaturated/α-hetero) is 1. The second-order valence-electron chi connectivity index (χ2n) is 10.4. The van der Waals surface area contributed by atoms with Crippen molar-refractivity contribution >= 4 is 29.4 Å². The first-order valence-corrected chi connectivity index (χ1v) is 12.1. The van der Waals surface area contributed by atoms with E-state index in [4.69, 9.17) is 0 Å². The molecule has 1 aromatic rings. The topological polar surface area (TPSA) is 99.1 Å². The average molecular weight is 468 g/mol. The molecule has 1 fully saturated rings. The predicted octanol–water partition coefficient (Wildman–Crippen LogP) is 3.50. The van der Waals surface area contributed by atoms with Crippen LogP contribution in [0.15, 0.2) is 35.0 Å². The van der Waals surface area contributed by atoms with E-state index in [1.54, 1.807) is 6.92 Å². The number of ketones is 1. The summed E-state index contributed by atoms with van der Waals surface area (Å²) < 4.78 is 0. The maximum absolute atomic E-state index is 13.4. The molecule has 0 radical (unpaired) electrons. The molecule has 0 saturated carbocycles. The van der Waals surface area contributed by atoms with Gasteiger partial charge in [0.25, 0.3) is 0 Å². The van der Waals surface area contributed by atoms with Gasteiger partial charge in [0, 0.05) is 56.6 Å². The Morgan fingerprint density at radius 3 is 2.44 bits per heavy atom. The summed E-state index contributed by atoms with van der Waals surface area (Å²) in [6.07, 6.45) is 2.69. The molecule has 184 valence electrons. The highest BCUT2D eigenvalue weighted by atomic mass is 16.3. The average Bonchev–Trinajstić information content (AvgIpc) is 3.40. The van der Waals surface area contributed by atoms with E-state index < -0.39 is 23.5 Å². The lowest BCUT2D eigenvalue weighted by Gasteiger charge is -2.34. The van der Waals surface area contributed by atoms with E-state index in [0.29, 0.717) is 13.0 Å². The Morgan fingerprint density at radius 1 is 1.21 bits per heavy atom. The molecule has 34 heavy (non-hydrogen) atoms. The number of nitrogens with one attached hydrogen (secondary N) is 1. The molecule has 0 spiro atoms. The van der Waals surface area contributed by atoms with Crippen molar-refractivity contribution in [1.29, 1.82) is 0 Å². The van der Waals surface area contributed by atoms with E-state index in [2.05, 4.69) is 10.3 Å². The summed E-state index contributed by atoms with van der Waals surface area (Å²) in [5.74, 6) is -1.04. The van der Waals surface area contributed by atoms with Crippen molar-refractivity contribution in [2.24, 2.45) is 16.3 Å². The van der Waals surface area contributed by atoms with Gasteiger partial charge in [-0.2, -0.15) is 0 Å². The molecule has 0 unspecified atom stereocenters. The maximum atomic E-state index is 13.4. The molecular weight excluding hydrogens is 430 g/mol. The molecule has 1 aromatic carbocycles. The Labute approximate surface area is 202 Å². The minimum Gasteiger partial charge on any atom is -0.391 e. The molecule has 2 amide bonds.